The molecule has 0 aromatic heterocycles. The summed E-state index contributed by atoms with van der Waals surface area (Å²) in [6.45, 7) is 6.28. The van der Waals surface area contributed by atoms with Crippen molar-refractivity contribution in [1.82, 2.24) is 0 Å². The van der Waals surface area contributed by atoms with Crippen molar-refractivity contribution < 1.29 is 9.35 Å². The van der Waals surface area contributed by atoms with Gasteiger partial charge in [0.2, 0.25) is 0 Å². The van der Waals surface area contributed by atoms with Crippen molar-refractivity contribution in [2.75, 3.05) is 0 Å². The van der Waals surface area contributed by atoms with Crippen molar-refractivity contribution in [3.05, 3.63) is 75.8 Å². The SMILES string of the molecule is C[Si](C)(C)OC(C#Cc1ccccc1)c1ccc([N+](=O)[O-])cc1. The first kappa shape index (κ1) is 16.9. The van der Waals surface area contributed by atoms with Crippen LogP contribution in [0.25, 0.3) is 0 Å². The Labute approximate surface area is 137 Å². The summed E-state index contributed by atoms with van der Waals surface area (Å²) in [5, 5.41) is 10.8. The number of nitro groups is 1. The quantitative estimate of drug-likeness (QED) is 0.359. The summed E-state index contributed by atoms with van der Waals surface area (Å²) in [6, 6.07) is 16.1. The lowest BCUT2D eigenvalue weighted by molar-refractivity contribution is -0.384. The van der Waals surface area contributed by atoms with Gasteiger partial charge in [-0.1, -0.05) is 30.0 Å². The van der Waals surface area contributed by atoms with Crippen molar-refractivity contribution in [2.45, 2.75) is 25.7 Å². The van der Waals surface area contributed by atoms with Gasteiger partial charge < -0.3 is 4.43 Å². The summed E-state index contributed by atoms with van der Waals surface area (Å²) >= 11 is 0. The first-order valence-corrected chi connectivity index (χ1v) is 10.7. The predicted octanol–water partition coefficient (Wildman–Crippen LogP) is 4.54. The molecule has 118 valence electrons. The monoisotopic (exact) mass is 325 g/mol. The minimum atomic E-state index is -1.81. The number of nitro benzene ring substituents is 1. The topological polar surface area (TPSA) is 52.4 Å². The Morgan fingerprint density at radius 3 is 2.17 bits per heavy atom. The van der Waals surface area contributed by atoms with E-state index in [0.717, 1.165) is 11.1 Å². The summed E-state index contributed by atoms with van der Waals surface area (Å²) in [5.74, 6) is 6.27. The molecule has 0 heterocycles. The van der Waals surface area contributed by atoms with Crippen LogP contribution >= 0.6 is 0 Å². The zero-order valence-corrected chi connectivity index (χ0v) is 14.4. The van der Waals surface area contributed by atoms with E-state index in [-0.39, 0.29) is 11.8 Å². The molecule has 0 radical (unpaired) electrons. The maximum atomic E-state index is 10.8. The maximum Gasteiger partial charge on any atom is 0.269 e. The van der Waals surface area contributed by atoms with Gasteiger partial charge in [-0.2, -0.15) is 0 Å². The number of rotatable bonds is 4. The van der Waals surface area contributed by atoms with Gasteiger partial charge in [-0.25, -0.2) is 0 Å². The molecule has 0 fully saturated rings. The lowest BCUT2D eigenvalue weighted by Crippen LogP contribution is -2.27. The van der Waals surface area contributed by atoms with Crippen LogP contribution < -0.4 is 0 Å². The highest BCUT2D eigenvalue weighted by Crippen LogP contribution is 2.24. The molecule has 0 spiro atoms. The first-order chi connectivity index (χ1) is 10.8. The van der Waals surface area contributed by atoms with Gasteiger partial charge in [-0.05, 0) is 49.5 Å². The van der Waals surface area contributed by atoms with Gasteiger partial charge in [0.25, 0.3) is 5.69 Å². The lowest BCUT2D eigenvalue weighted by Gasteiger charge is -2.23. The minimum Gasteiger partial charge on any atom is -0.400 e. The van der Waals surface area contributed by atoms with Crippen LogP contribution in [0.1, 0.15) is 17.2 Å². The maximum absolute atomic E-state index is 10.8. The number of benzene rings is 2. The van der Waals surface area contributed by atoms with Crippen LogP contribution in [0.3, 0.4) is 0 Å². The molecule has 0 aliphatic heterocycles. The van der Waals surface area contributed by atoms with Gasteiger partial charge in [0.15, 0.2) is 8.32 Å². The second-order valence-electron chi connectivity index (χ2n) is 6.09. The number of nitrogens with zero attached hydrogens (tertiary/aromatic N) is 1. The van der Waals surface area contributed by atoms with Gasteiger partial charge in [0, 0.05) is 17.7 Å². The van der Waals surface area contributed by atoms with Crippen molar-refractivity contribution in [1.29, 1.82) is 0 Å². The second-order valence-corrected chi connectivity index (χ2v) is 10.6. The fourth-order valence-electron chi connectivity index (χ4n) is 1.98. The molecular formula is C18H19NO3Si. The van der Waals surface area contributed by atoms with E-state index in [2.05, 4.69) is 31.5 Å². The third-order valence-electron chi connectivity index (χ3n) is 3.00. The Morgan fingerprint density at radius 1 is 1.04 bits per heavy atom. The predicted molar refractivity (Wildman–Crippen MR) is 93.6 cm³/mol. The first-order valence-electron chi connectivity index (χ1n) is 7.34. The highest BCUT2D eigenvalue weighted by atomic mass is 28.4. The van der Waals surface area contributed by atoms with E-state index in [4.69, 9.17) is 4.43 Å². The summed E-state index contributed by atoms with van der Waals surface area (Å²) in [6.07, 6.45) is -0.386. The zero-order valence-electron chi connectivity index (χ0n) is 13.4. The summed E-state index contributed by atoms with van der Waals surface area (Å²) in [4.78, 5) is 10.4. The molecule has 1 unspecified atom stereocenters. The Kier molecular flexibility index (Phi) is 5.32. The second kappa shape index (κ2) is 7.23. The van der Waals surface area contributed by atoms with E-state index in [1.54, 1.807) is 12.1 Å². The average molecular weight is 325 g/mol. The Hall–Kier alpha value is -2.42. The number of hydrogen-bond donors (Lipinski definition) is 0. The third-order valence-corrected chi connectivity index (χ3v) is 3.94. The molecule has 0 N–H and O–H groups in total. The van der Waals surface area contributed by atoms with Crippen LogP contribution in [0, 0.1) is 22.0 Å². The van der Waals surface area contributed by atoms with Crippen molar-refractivity contribution in [3.8, 4) is 11.8 Å². The smallest absolute Gasteiger partial charge is 0.269 e. The fraction of sp³-hybridized carbons (Fsp3) is 0.222. The van der Waals surface area contributed by atoms with Gasteiger partial charge >= 0.3 is 0 Å². The van der Waals surface area contributed by atoms with Crippen LogP contribution in [-0.4, -0.2) is 13.2 Å². The molecule has 2 aromatic carbocycles. The summed E-state index contributed by atoms with van der Waals surface area (Å²) in [7, 11) is -1.81. The lowest BCUT2D eigenvalue weighted by atomic mass is 10.1. The Morgan fingerprint density at radius 2 is 1.65 bits per heavy atom. The summed E-state index contributed by atoms with van der Waals surface area (Å²) < 4.78 is 6.14. The van der Waals surface area contributed by atoms with E-state index >= 15 is 0 Å². The molecule has 5 heteroatoms. The van der Waals surface area contributed by atoms with Crippen molar-refractivity contribution in [3.63, 3.8) is 0 Å². The van der Waals surface area contributed by atoms with E-state index in [1.165, 1.54) is 12.1 Å². The van der Waals surface area contributed by atoms with Crippen molar-refractivity contribution >= 4 is 14.0 Å². The largest absolute Gasteiger partial charge is 0.400 e. The van der Waals surface area contributed by atoms with Crippen LogP contribution in [0.15, 0.2) is 54.6 Å². The van der Waals surface area contributed by atoms with E-state index in [1.807, 2.05) is 30.3 Å². The van der Waals surface area contributed by atoms with Gasteiger partial charge in [-0.15, -0.1) is 0 Å². The van der Waals surface area contributed by atoms with Gasteiger partial charge in [-0.3, -0.25) is 10.1 Å². The molecule has 0 amide bonds. The molecule has 4 nitrogen and oxygen atoms in total. The van der Waals surface area contributed by atoms with Crippen LogP contribution in [0.4, 0.5) is 5.69 Å². The average Bonchev–Trinajstić information content (AvgIpc) is 2.51. The molecule has 0 aliphatic carbocycles. The normalized spacial score (nSPS) is 12.1. The molecule has 2 aromatic rings. The highest BCUT2D eigenvalue weighted by molar-refractivity contribution is 6.69. The molecular weight excluding hydrogens is 306 g/mol. The van der Waals surface area contributed by atoms with E-state index in [0.29, 0.717) is 0 Å². The highest BCUT2D eigenvalue weighted by Gasteiger charge is 2.21. The Bertz CT molecular complexity index is 725. The molecule has 1 atom stereocenters. The molecule has 0 saturated carbocycles. The molecule has 0 saturated heterocycles. The van der Waals surface area contributed by atoms with E-state index < -0.39 is 13.2 Å². The summed E-state index contributed by atoms with van der Waals surface area (Å²) in [5.41, 5.74) is 1.82. The third kappa shape index (κ3) is 5.36. The van der Waals surface area contributed by atoms with Crippen LogP contribution in [-0.2, 0) is 4.43 Å². The molecule has 2 rings (SSSR count). The number of non-ortho nitro benzene ring substituents is 1. The van der Waals surface area contributed by atoms with Gasteiger partial charge in [0.05, 0.1) is 4.92 Å². The number of hydrogen-bond acceptors (Lipinski definition) is 3. The molecule has 23 heavy (non-hydrogen) atoms. The van der Waals surface area contributed by atoms with Gasteiger partial charge in [0.1, 0.15) is 6.10 Å². The van der Waals surface area contributed by atoms with Crippen LogP contribution in [0.5, 0.6) is 0 Å². The van der Waals surface area contributed by atoms with E-state index in [9.17, 15) is 10.1 Å². The molecule has 0 bridgehead atoms. The van der Waals surface area contributed by atoms with Crippen molar-refractivity contribution in [2.24, 2.45) is 0 Å². The minimum absolute atomic E-state index is 0.0662. The fourth-order valence-corrected chi connectivity index (χ4v) is 2.88. The van der Waals surface area contributed by atoms with Crippen LogP contribution in [0.2, 0.25) is 19.6 Å². The molecule has 0 aliphatic rings. The zero-order chi connectivity index (χ0) is 16.9. The standard InChI is InChI=1S/C18H19NO3Si/c1-23(2,3)22-18(14-9-15-7-5-4-6-8-15)16-10-12-17(13-11-16)19(20)21/h4-8,10-13,18H,1-3H3. The Balaban J connectivity index is 2.31.